The molecule has 0 aliphatic rings. The van der Waals surface area contributed by atoms with Crippen LogP contribution in [0.1, 0.15) is 29.8 Å². The molecule has 0 spiro atoms. The molecule has 1 N–H and O–H groups in total. The van der Waals surface area contributed by atoms with E-state index >= 15 is 0 Å². The molecule has 1 aromatic carbocycles. The van der Waals surface area contributed by atoms with E-state index in [2.05, 4.69) is 69.9 Å². The van der Waals surface area contributed by atoms with E-state index in [1.165, 1.54) is 10.4 Å². The van der Waals surface area contributed by atoms with Gasteiger partial charge in [-0.2, -0.15) is 0 Å². The van der Waals surface area contributed by atoms with Gasteiger partial charge >= 0.3 is 0 Å². The lowest BCUT2D eigenvalue weighted by atomic mass is 10.1. The molecule has 0 aliphatic heterocycles. The molecule has 2 rings (SSSR count). The first-order chi connectivity index (χ1) is 8.31. The average Bonchev–Trinajstić information content (AvgIpc) is 2.78. The second kappa shape index (κ2) is 6.34. The van der Waals surface area contributed by atoms with Gasteiger partial charge in [0.15, 0.2) is 0 Å². The molecule has 0 bridgehead atoms. The van der Waals surface area contributed by atoms with Gasteiger partial charge in [-0.05, 0) is 40.5 Å². The van der Waals surface area contributed by atoms with E-state index < -0.39 is 0 Å². The number of halogens is 1. The maximum absolute atomic E-state index is 3.60. The predicted octanol–water partition coefficient (Wildman–Crippen LogP) is 4.60. The van der Waals surface area contributed by atoms with Crippen LogP contribution in [-0.4, -0.2) is 6.54 Å². The second-order valence-corrected chi connectivity index (χ2v) is 5.82. The summed E-state index contributed by atoms with van der Waals surface area (Å²) in [5.74, 6) is 0. The highest BCUT2D eigenvalue weighted by atomic mass is 79.9. The lowest BCUT2D eigenvalue weighted by molar-refractivity contribution is 0.606. The summed E-state index contributed by atoms with van der Waals surface area (Å²) in [4.78, 5) is 1.36. The topological polar surface area (TPSA) is 12.0 Å². The highest BCUT2D eigenvalue weighted by molar-refractivity contribution is 9.10. The summed E-state index contributed by atoms with van der Waals surface area (Å²) in [7, 11) is 0. The summed E-state index contributed by atoms with van der Waals surface area (Å²) in [6, 6.07) is 13.1. The van der Waals surface area contributed by atoms with Crippen molar-refractivity contribution in [2.45, 2.75) is 19.4 Å². The van der Waals surface area contributed by atoms with Crippen molar-refractivity contribution in [1.29, 1.82) is 0 Å². The molecule has 0 aliphatic carbocycles. The fourth-order valence-electron chi connectivity index (χ4n) is 1.80. The predicted molar refractivity (Wildman–Crippen MR) is 78.6 cm³/mol. The minimum absolute atomic E-state index is 0.312. The summed E-state index contributed by atoms with van der Waals surface area (Å²) < 4.78 is 1.16. The minimum atomic E-state index is 0.312. The Balaban J connectivity index is 2.25. The van der Waals surface area contributed by atoms with Crippen molar-refractivity contribution in [3.8, 4) is 0 Å². The van der Waals surface area contributed by atoms with Crippen LogP contribution in [0.2, 0.25) is 0 Å². The van der Waals surface area contributed by atoms with Gasteiger partial charge in [-0.3, -0.25) is 0 Å². The van der Waals surface area contributed by atoms with Crippen LogP contribution in [0.25, 0.3) is 0 Å². The van der Waals surface area contributed by atoms with Crippen LogP contribution in [-0.2, 0) is 0 Å². The molecule has 0 saturated carbocycles. The molecule has 90 valence electrons. The van der Waals surface area contributed by atoms with Crippen molar-refractivity contribution in [2.75, 3.05) is 6.54 Å². The molecule has 0 fully saturated rings. The van der Waals surface area contributed by atoms with Gasteiger partial charge in [-0.15, -0.1) is 11.3 Å². The third kappa shape index (κ3) is 3.41. The van der Waals surface area contributed by atoms with Crippen LogP contribution in [0, 0.1) is 0 Å². The lowest BCUT2D eigenvalue weighted by Gasteiger charge is -2.17. The summed E-state index contributed by atoms with van der Waals surface area (Å²) in [6.45, 7) is 3.23. The molecule has 1 nitrogen and oxygen atoms in total. The maximum Gasteiger partial charge on any atom is 0.0671 e. The summed E-state index contributed by atoms with van der Waals surface area (Å²) in [5.41, 5.74) is 1.33. The molecule has 1 unspecified atom stereocenters. The first-order valence-electron chi connectivity index (χ1n) is 5.83. The molecule has 1 heterocycles. The first kappa shape index (κ1) is 12.8. The van der Waals surface area contributed by atoms with Crippen LogP contribution in [0.15, 0.2) is 46.3 Å². The SMILES string of the molecule is CCCNC(c1ccccc1)c1cc(Br)cs1. The molecule has 17 heavy (non-hydrogen) atoms. The van der Waals surface area contributed by atoms with E-state index in [9.17, 15) is 0 Å². The Morgan fingerprint density at radius 2 is 2.06 bits per heavy atom. The van der Waals surface area contributed by atoms with E-state index in [1.807, 2.05) is 0 Å². The number of hydrogen-bond acceptors (Lipinski definition) is 2. The van der Waals surface area contributed by atoms with E-state index in [0.29, 0.717) is 6.04 Å². The van der Waals surface area contributed by atoms with Gasteiger partial charge in [0.05, 0.1) is 6.04 Å². The summed E-state index contributed by atoms with van der Waals surface area (Å²) >= 11 is 5.32. The number of thiophene rings is 1. The van der Waals surface area contributed by atoms with Gasteiger partial charge in [0.1, 0.15) is 0 Å². The van der Waals surface area contributed by atoms with Crippen molar-refractivity contribution in [1.82, 2.24) is 5.32 Å². The van der Waals surface area contributed by atoms with Crippen LogP contribution in [0.4, 0.5) is 0 Å². The zero-order valence-corrected chi connectivity index (χ0v) is 12.2. The third-order valence-corrected chi connectivity index (χ3v) is 4.36. The fraction of sp³-hybridized carbons (Fsp3) is 0.286. The highest BCUT2D eigenvalue weighted by Crippen LogP contribution is 2.29. The molecule has 3 heteroatoms. The Morgan fingerprint density at radius 1 is 1.29 bits per heavy atom. The monoisotopic (exact) mass is 309 g/mol. The van der Waals surface area contributed by atoms with E-state index in [1.54, 1.807) is 11.3 Å². The van der Waals surface area contributed by atoms with Crippen molar-refractivity contribution in [3.05, 3.63) is 56.7 Å². The molecule has 2 aromatic rings. The smallest absolute Gasteiger partial charge is 0.0671 e. The van der Waals surface area contributed by atoms with E-state index in [-0.39, 0.29) is 0 Å². The van der Waals surface area contributed by atoms with Gasteiger partial charge in [0, 0.05) is 14.7 Å². The largest absolute Gasteiger partial charge is 0.306 e. The van der Waals surface area contributed by atoms with E-state index in [4.69, 9.17) is 0 Å². The average molecular weight is 310 g/mol. The second-order valence-electron chi connectivity index (χ2n) is 3.97. The Bertz CT molecular complexity index is 452. The molecule has 1 aromatic heterocycles. The Hall–Kier alpha value is -0.640. The normalized spacial score (nSPS) is 12.6. The van der Waals surface area contributed by atoms with Crippen molar-refractivity contribution in [3.63, 3.8) is 0 Å². The van der Waals surface area contributed by atoms with Crippen LogP contribution in [0.3, 0.4) is 0 Å². The van der Waals surface area contributed by atoms with Gasteiger partial charge in [0.25, 0.3) is 0 Å². The maximum atomic E-state index is 3.60. The molecule has 1 atom stereocenters. The molecule has 0 amide bonds. The van der Waals surface area contributed by atoms with Crippen molar-refractivity contribution >= 4 is 27.3 Å². The number of nitrogens with one attached hydrogen (secondary N) is 1. The lowest BCUT2D eigenvalue weighted by Crippen LogP contribution is -2.22. The summed E-state index contributed by atoms with van der Waals surface area (Å²) in [5, 5.41) is 5.74. The van der Waals surface area contributed by atoms with Crippen LogP contribution < -0.4 is 5.32 Å². The Labute approximate surface area is 115 Å². The highest BCUT2D eigenvalue weighted by Gasteiger charge is 2.14. The van der Waals surface area contributed by atoms with Crippen molar-refractivity contribution < 1.29 is 0 Å². The van der Waals surface area contributed by atoms with Crippen molar-refractivity contribution in [2.24, 2.45) is 0 Å². The number of benzene rings is 1. The Kier molecular flexibility index (Phi) is 4.77. The molecule has 0 saturated heterocycles. The van der Waals surface area contributed by atoms with Gasteiger partial charge in [-0.25, -0.2) is 0 Å². The first-order valence-corrected chi connectivity index (χ1v) is 7.50. The molecular formula is C14H16BrNS. The van der Waals surface area contributed by atoms with E-state index in [0.717, 1.165) is 17.4 Å². The minimum Gasteiger partial charge on any atom is -0.306 e. The van der Waals surface area contributed by atoms with Gasteiger partial charge in [0.2, 0.25) is 0 Å². The summed E-state index contributed by atoms with van der Waals surface area (Å²) in [6.07, 6.45) is 1.15. The number of rotatable bonds is 5. The zero-order chi connectivity index (χ0) is 12.1. The van der Waals surface area contributed by atoms with Gasteiger partial charge in [-0.1, -0.05) is 37.3 Å². The van der Waals surface area contributed by atoms with Crippen LogP contribution in [0.5, 0.6) is 0 Å². The zero-order valence-electron chi connectivity index (χ0n) is 9.82. The van der Waals surface area contributed by atoms with Gasteiger partial charge < -0.3 is 5.32 Å². The molecule has 0 radical (unpaired) electrons. The standard InChI is InChI=1S/C14H16BrNS/c1-2-8-16-14(11-6-4-3-5-7-11)13-9-12(15)10-17-13/h3-7,9-10,14,16H,2,8H2,1H3. The number of hydrogen-bond donors (Lipinski definition) is 1. The quantitative estimate of drug-likeness (QED) is 0.851. The third-order valence-electron chi connectivity index (χ3n) is 2.60. The Morgan fingerprint density at radius 3 is 2.65 bits per heavy atom. The fourth-order valence-corrected chi connectivity index (χ4v) is 3.34. The van der Waals surface area contributed by atoms with Crippen LogP contribution >= 0.6 is 27.3 Å². The molecular weight excluding hydrogens is 294 g/mol.